The Labute approximate surface area is 190 Å². The zero-order valence-electron chi connectivity index (χ0n) is 16.3. The smallest absolute Gasteiger partial charge is 0.248 e. The van der Waals surface area contributed by atoms with Crippen LogP contribution in [0.25, 0.3) is 0 Å². The number of sulfonamides is 1. The summed E-state index contributed by atoms with van der Waals surface area (Å²) in [6.45, 7) is 0.269. The van der Waals surface area contributed by atoms with E-state index in [9.17, 15) is 18.3 Å². The van der Waals surface area contributed by atoms with E-state index in [0.717, 1.165) is 32.1 Å². The van der Waals surface area contributed by atoms with E-state index in [0.29, 0.717) is 11.7 Å². The summed E-state index contributed by atoms with van der Waals surface area (Å²) >= 11 is 13.3. The Morgan fingerprint density at radius 3 is 2.50 bits per heavy atom. The monoisotopic (exact) mass is 490 g/mol. The van der Waals surface area contributed by atoms with Crippen LogP contribution in [0, 0.1) is 17.8 Å². The third-order valence-corrected chi connectivity index (χ3v) is 11.1. The molecule has 6 rings (SSSR count). The maximum Gasteiger partial charge on any atom is 0.248 e. The van der Waals surface area contributed by atoms with E-state index in [4.69, 9.17) is 23.2 Å². The SMILES string of the molecule is O=C(NC1C2CC3CC1CC(O)(C3)C2)C1SCCN1S(=O)(=O)c1ccc(Cl)c(Cl)c1. The normalized spacial score (nSPS) is 38.2. The molecule has 164 valence electrons. The molecule has 4 aliphatic carbocycles. The molecule has 1 aliphatic heterocycles. The third kappa shape index (κ3) is 3.57. The fraction of sp³-hybridized carbons (Fsp3) is 0.650. The Morgan fingerprint density at radius 2 is 1.87 bits per heavy atom. The molecule has 5 fully saturated rings. The first-order valence-electron chi connectivity index (χ1n) is 10.3. The van der Waals surface area contributed by atoms with E-state index in [-0.39, 0.29) is 45.3 Å². The minimum Gasteiger partial charge on any atom is -0.390 e. The molecule has 0 radical (unpaired) electrons. The van der Waals surface area contributed by atoms with Crippen molar-refractivity contribution in [3.8, 4) is 0 Å². The van der Waals surface area contributed by atoms with Crippen LogP contribution in [0.5, 0.6) is 0 Å². The van der Waals surface area contributed by atoms with Gasteiger partial charge in [0.05, 0.1) is 20.5 Å². The maximum atomic E-state index is 13.2. The molecule has 4 saturated carbocycles. The number of carbonyl (C=O) groups excluding carboxylic acids is 1. The summed E-state index contributed by atoms with van der Waals surface area (Å²) in [6.07, 6.45) is 4.41. The molecule has 10 heteroatoms. The second kappa shape index (κ2) is 7.52. The molecule has 0 spiro atoms. The fourth-order valence-electron chi connectivity index (χ4n) is 6.13. The molecular formula is C20H24Cl2N2O4S2. The first kappa shape index (κ1) is 21.3. The van der Waals surface area contributed by atoms with Gasteiger partial charge in [-0.05, 0) is 68.1 Å². The van der Waals surface area contributed by atoms with Crippen molar-refractivity contribution in [1.29, 1.82) is 0 Å². The standard InChI is InChI=1S/C20H24Cl2N2O4S2/c21-15-2-1-14(7-16(15)22)30(27,28)24-3-4-29-19(24)18(25)23-17-12-5-11-6-13(17)10-20(26,8-11)9-12/h1-2,7,11-13,17,19,26H,3-6,8-10H2,(H,23,25). The Morgan fingerprint density at radius 1 is 1.17 bits per heavy atom. The largest absolute Gasteiger partial charge is 0.390 e. The number of thioether (sulfide) groups is 1. The number of amides is 1. The van der Waals surface area contributed by atoms with Crippen molar-refractivity contribution in [1.82, 2.24) is 9.62 Å². The Kier molecular flexibility index (Phi) is 5.35. The predicted octanol–water partition coefficient (Wildman–Crippen LogP) is 3.11. The summed E-state index contributed by atoms with van der Waals surface area (Å²) in [5.74, 6) is 1.39. The summed E-state index contributed by atoms with van der Waals surface area (Å²) in [7, 11) is -3.87. The summed E-state index contributed by atoms with van der Waals surface area (Å²) in [6, 6.07) is 4.22. The van der Waals surface area contributed by atoms with Gasteiger partial charge in [-0.15, -0.1) is 11.8 Å². The highest BCUT2D eigenvalue weighted by Crippen LogP contribution is 2.55. The van der Waals surface area contributed by atoms with Crippen LogP contribution in [-0.4, -0.2) is 53.1 Å². The maximum absolute atomic E-state index is 13.2. The molecule has 1 amide bonds. The molecule has 2 N–H and O–H groups in total. The summed E-state index contributed by atoms with van der Waals surface area (Å²) in [5, 5.41) is 13.6. The van der Waals surface area contributed by atoms with Crippen LogP contribution in [0.4, 0.5) is 0 Å². The zero-order chi connectivity index (χ0) is 21.3. The molecule has 4 bridgehead atoms. The van der Waals surface area contributed by atoms with Crippen molar-refractivity contribution < 1.29 is 18.3 Å². The van der Waals surface area contributed by atoms with Crippen LogP contribution < -0.4 is 5.32 Å². The van der Waals surface area contributed by atoms with Gasteiger partial charge < -0.3 is 10.4 Å². The van der Waals surface area contributed by atoms with Crippen molar-refractivity contribution in [3.63, 3.8) is 0 Å². The highest BCUT2D eigenvalue weighted by molar-refractivity contribution is 8.02. The average molecular weight is 491 g/mol. The second-order valence-electron chi connectivity index (χ2n) is 9.14. The van der Waals surface area contributed by atoms with Gasteiger partial charge in [0.1, 0.15) is 5.37 Å². The van der Waals surface area contributed by atoms with E-state index in [1.54, 1.807) is 0 Å². The van der Waals surface area contributed by atoms with Gasteiger partial charge in [-0.3, -0.25) is 4.79 Å². The summed E-state index contributed by atoms with van der Waals surface area (Å²) in [5.41, 5.74) is -0.566. The molecule has 0 aromatic heterocycles. The van der Waals surface area contributed by atoms with Gasteiger partial charge in [-0.2, -0.15) is 4.31 Å². The summed E-state index contributed by atoms with van der Waals surface area (Å²) in [4.78, 5) is 13.2. The minimum atomic E-state index is -3.87. The zero-order valence-corrected chi connectivity index (χ0v) is 19.4. The van der Waals surface area contributed by atoms with Crippen LogP contribution in [0.3, 0.4) is 0 Å². The van der Waals surface area contributed by atoms with Crippen LogP contribution in [0.15, 0.2) is 23.1 Å². The topological polar surface area (TPSA) is 86.7 Å². The molecule has 5 aliphatic rings. The molecular weight excluding hydrogens is 467 g/mol. The Hall–Kier alpha value is -0.510. The van der Waals surface area contributed by atoms with Gasteiger partial charge in [0.15, 0.2) is 0 Å². The van der Waals surface area contributed by atoms with Gasteiger partial charge in [-0.25, -0.2) is 8.42 Å². The van der Waals surface area contributed by atoms with E-state index >= 15 is 0 Å². The number of benzene rings is 1. The first-order valence-corrected chi connectivity index (χ1v) is 13.5. The van der Waals surface area contributed by atoms with Gasteiger partial charge in [0.2, 0.25) is 15.9 Å². The number of nitrogens with one attached hydrogen (secondary N) is 1. The molecule has 1 aromatic carbocycles. The molecule has 1 aromatic rings. The molecule has 6 nitrogen and oxygen atoms in total. The molecule has 1 heterocycles. The first-order chi connectivity index (χ1) is 14.2. The Bertz CT molecular complexity index is 973. The lowest BCUT2D eigenvalue weighted by Gasteiger charge is -2.58. The van der Waals surface area contributed by atoms with Crippen LogP contribution >= 0.6 is 35.0 Å². The van der Waals surface area contributed by atoms with Crippen molar-refractivity contribution >= 4 is 50.9 Å². The third-order valence-electron chi connectivity index (χ3n) is 7.12. The quantitative estimate of drug-likeness (QED) is 0.676. The average Bonchev–Trinajstić information content (AvgIpc) is 3.16. The number of nitrogens with zero attached hydrogens (tertiary/aromatic N) is 1. The number of carbonyl (C=O) groups is 1. The lowest BCUT2D eigenvalue weighted by molar-refractivity contribution is -0.147. The van der Waals surface area contributed by atoms with Crippen molar-refractivity contribution in [2.24, 2.45) is 17.8 Å². The van der Waals surface area contributed by atoms with E-state index in [1.807, 2.05) is 0 Å². The number of hydrogen-bond acceptors (Lipinski definition) is 5. The van der Waals surface area contributed by atoms with Crippen molar-refractivity contribution in [2.75, 3.05) is 12.3 Å². The number of rotatable bonds is 4. The second-order valence-corrected chi connectivity index (χ2v) is 13.0. The van der Waals surface area contributed by atoms with Gasteiger partial charge in [0, 0.05) is 18.3 Å². The fourth-order valence-corrected chi connectivity index (χ4v) is 9.61. The molecule has 3 atom stereocenters. The lowest BCUT2D eigenvalue weighted by atomic mass is 9.52. The number of hydrogen-bond donors (Lipinski definition) is 2. The van der Waals surface area contributed by atoms with Gasteiger partial charge >= 0.3 is 0 Å². The van der Waals surface area contributed by atoms with Crippen molar-refractivity contribution in [2.45, 2.75) is 54.0 Å². The number of aliphatic hydroxyl groups is 1. The molecule has 3 unspecified atom stereocenters. The van der Waals surface area contributed by atoms with Crippen LogP contribution in [0.2, 0.25) is 10.0 Å². The number of halogens is 2. The Balaban J connectivity index is 1.34. The van der Waals surface area contributed by atoms with E-state index in [2.05, 4.69) is 5.32 Å². The molecule has 30 heavy (non-hydrogen) atoms. The predicted molar refractivity (Wildman–Crippen MR) is 117 cm³/mol. The van der Waals surface area contributed by atoms with Crippen LogP contribution in [0.1, 0.15) is 32.1 Å². The highest BCUT2D eigenvalue weighted by atomic mass is 35.5. The van der Waals surface area contributed by atoms with Gasteiger partial charge in [0.25, 0.3) is 0 Å². The van der Waals surface area contributed by atoms with Crippen molar-refractivity contribution in [3.05, 3.63) is 28.2 Å². The molecule has 1 saturated heterocycles. The lowest BCUT2D eigenvalue weighted by Crippen LogP contribution is -2.62. The minimum absolute atomic E-state index is 0.0186. The highest BCUT2D eigenvalue weighted by Gasteiger charge is 2.55. The summed E-state index contributed by atoms with van der Waals surface area (Å²) < 4.78 is 27.6. The van der Waals surface area contributed by atoms with E-state index in [1.165, 1.54) is 34.3 Å². The van der Waals surface area contributed by atoms with Gasteiger partial charge in [-0.1, -0.05) is 23.2 Å². The van der Waals surface area contributed by atoms with E-state index < -0.39 is 21.0 Å². The van der Waals surface area contributed by atoms with Crippen LogP contribution in [-0.2, 0) is 14.8 Å².